The van der Waals surface area contributed by atoms with Gasteiger partial charge in [-0.2, -0.15) is 0 Å². The maximum absolute atomic E-state index is 11.1. The molecule has 0 amide bonds. The smallest absolute Gasteiger partial charge is 0.320 e. The molecule has 1 aliphatic heterocycles. The van der Waals surface area contributed by atoms with Gasteiger partial charge in [0.05, 0.1) is 12.8 Å². The maximum atomic E-state index is 11.1. The standard InChI is InChI=1S/C11H18N2O6/c14-9(15)1-3-12-7-5-8(11(18)19)13(6-7)4-2-10(16)17/h7-8,12H,1-6H2,(H,14,15)(H,16,17)(H,18,19)/t7?,8-/m0/s1. The number of carboxylic acid groups (broad SMARTS) is 3. The van der Waals surface area contributed by atoms with Gasteiger partial charge in [0.15, 0.2) is 0 Å². The predicted octanol–water partition coefficient (Wildman–Crippen LogP) is -0.947. The van der Waals surface area contributed by atoms with Crippen LogP contribution in [0.4, 0.5) is 0 Å². The Morgan fingerprint density at radius 2 is 1.74 bits per heavy atom. The summed E-state index contributed by atoms with van der Waals surface area (Å²) in [6.07, 6.45) is 0.226. The van der Waals surface area contributed by atoms with Crippen LogP contribution in [0.2, 0.25) is 0 Å². The van der Waals surface area contributed by atoms with E-state index in [1.807, 2.05) is 0 Å². The molecule has 2 atom stereocenters. The van der Waals surface area contributed by atoms with Crippen LogP contribution in [0.3, 0.4) is 0 Å². The van der Waals surface area contributed by atoms with Crippen LogP contribution < -0.4 is 5.32 Å². The van der Waals surface area contributed by atoms with Crippen LogP contribution in [0.25, 0.3) is 0 Å². The molecule has 0 bridgehead atoms. The summed E-state index contributed by atoms with van der Waals surface area (Å²) in [5.74, 6) is -2.86. The van der Waals surface area contributed by atoms with Gasteiger partial charge in [0.25, 0.3) is 0 Å². The predicted molar refractivity (Wildman–Crippen MR) is 63.9 cm³/mol. The summed E-state index contributed by atoms with van der Waals surface area (Å²) < 4.78 is 0. The molecule has 0 aromatic heterocycles. The third-order valence-electron chi connectivity index (χ3n) is 3.07. The number of nitrogens with one attached hydrogen (secondary N) is 1. The Kier molecular flexibility index (Phi) is 5.71. The summed E-state index contributed by atoms with van der Waals surface area (Å²) in [5, 5.41) is 29.2. The molecule has 0 aliphatic carbocycles. The van der Waals surface area contributed by atoms with E-state index >= 15 is 0 Å². The number of rotatable bonds is 8. The summed E-state index contributed by atoms with van der Waals surface area (Å²) in [7, 11) is 0. The van der Waals surface area contributed by atoms with Gasteiger partial charge in [-0.15, -0.1) is 0 Å². The summed E-state index contributed by atoms with van der Waals surface area (Å²) in [5.41, 5.74) is 0. The van der Waals surface area contributed by atoms with Crippen LogP contribution in [-0.2, 0) is 14.4 Å². The highest BCUT2D eigenvalue weighted by atomic mass is 16.4. The van der Waals surface area contributed by atoms with Gasteiger partial charge in [-0.05, 0) is 6.42 Å². The van der Waals surface area contributed by atoms with Crippen LogP contribution in [0, 0.1) is 0 Å². The van der Waals surface area contributed by atoms with Crippen LogP contribution in [0.5, 0.6) is 0 Å². The number of nitrogens with zero attached hydrogens (tertiary/aromatic N) is 1. The maximum Gasteiger partial charge on any atom is 0.320 e. The first-order valence-electron chi connectivity index (χ1n) is 6.04. The molecule has 0 radical (unpaired) electrons. The molecule has 8 nitrogen and oxygen atoms in total. The molecule has 1 fully saturated rings. The Bertz CT molecular complexity index is 359. The lowest BCUT2D eigenvalue weighted by atomic mass is 10.1. The highest BCUT2D eigenvalue weighted by Gasteiger charge is 2.36. The summed E-state index contributed by atoms with van der Waals surface area (Å²) in [4.78, 5) is 33.6. The van der Waals surface area contributed by atoms with Crippen LogP contribution >= 0.6 is 0 Å². The first-order valence-corrected chi connectivity index (χ1v) is 6.04. The molecule has 1 rings (SSSR count). The van der Waals surface area contributed by atoms with Gasteiger partial charge in [0.1, 0.15) is 6.04 Å². The molecular formula is C11H18N2O6. The number of aliphatic carboxylic acids is 3. The Labute approximate surface area is 110 Å². The quantitative estimate of drug-likeness (QED) is 0.446. The summed E-state index contributed by atoms with van der Waals surface area (Å²) >= 11 is 0. The Hall–Kier alpha value is -1.67. The Balaban J connectivity index is 2.44. The molecule has 0 saturated carbocycles. The highest BCUT2D eigenvalue weighted by Crippen LogP contribution is 2.18. The summed E-state index contributed by atoms with van der Waals surface area (Å²) in [6, 6.07) is -0.823. The monoisotopic (exact) mass is 274 g/mol. The van der Waals surface area contributed by atoms with Crippen molar-refractivity contribution in [3.8, 4) is 0 Å². The number of hydrogen-bond acceptors (Lipinski definition) is 5. The zero-order valence-electron chi connectivity index (χ0n) is 10.4. The lowest BCUT2D eigenvalue weighted by molar-refractivity contribution is -0.144. The van der Waals surface area contributed by atoms with E-state index in [0.717, 1.165) is 0 Å². The van der Waals surface area contributed by atoms with Crippen LogP contribution in [0.1, 0.15) is 19.3 Å². The van der Waals surface area contributed by atoms with E-state index in [4.69, 9.17) is 15.3 Å². The largest absolute Gasteiger partial charge is 0.481 e. The molecule has 1 saturated heterocycles. The SMILES string of the molecule is O=C(O)CCNC1C[C@@H](C(=O)O)N(CCC(=O)O)C1. The first kappa shape index (κ1) is 15.4. The van der Waals surface area contributed by atoms with Crippen molar-refractivity contribution in [2.45, 2.75) is 31.3 Å². The second-order valence-electron chi connectivity index (χ2n) is 4.52. The van der Waals surface area contributed by atoms with E-state index < -0.39 is 23.9 Å². The van der Waals surface area contributed by atoms with Crippen molar-refractivity contribution in [3.05, 3.63) is 0 Å². The molecule has 4 N–H and O–H groups in total. The van der Waals surface area contributed by atoms with E-state index in [2.05, 4.69) is 5.32 Å². The van der Waals surface area contributed by atoms with Gasteiger partial charge < -0.3 is 20.6 Å². The number of carbonyl (C=O) groups is 3. The molecular weight excluding hydrogens is 256 g/mol. The lowest BCUT2D eigenvalue weighted by Crippen LogP contribution is -2.38. The zero-order chi connectivity index (χ0) is 14.4. The zero-order valence-corrected chi connectivity index (χ0v) is 10.4. The molecule has 1 unspecified atom stereocenters. The molecule has 1 heterocycles. The van der Waals surface area contributed by atoms with Crippen LogP contribution in [-0.4, -0.2) is 69.8 Å². The highest BCUT2D eigenvalue weighted by molar-refractivity contribution is 5.74. The second kappa shape index (κ2) is 7.05. The topological polar surface area (TPSA) is 127 Å². The molecule has 19 heavy (non-hydrogen) atoms. The van der Waals surface area contributed by atoms with Crippen molar-refractivity contribution in [1.29, 1.82) is 0 Å². The number of likely N-dealkylation sites (tertiary alicyclic amines) is 1. The third-order valence-corrected chi connectivity index (χ3v) is 3.07. The molecule has 0 spiro atoms. The van der Waals surface area contributed by atoms with Gasteiger partial charge in [0, 0.05) is 25.7 Å². The van der Waals surface area contributed by atoms with E-state index in [1.165, 1.54) is 0 Å². The van der Waals surface area contributed by atoms with Crippen molar-refractivity contribution in [2.75, 3.05) is 19.6 Å². The minimum atomic E-state index is -0.979. The first-order chi connectivity index (χ1) is 8.90. The minimum absolute atomic E-state index is 0.0244. The molecule has 0 aromatic rings. The Morgan fingerprint density at radius 3 is 2.26 bits per heavy atom. The number of carboxylic acids is 3. The van der Waals surface area contributed by atoms with Gasteiger partial charge >= 0.3 is 17.9 Å². The van der Waals surface area contributed by atoms with Crippen molar-refractivity contribution in [1.82, 2.24) is 10.2 Å². The van der Waals surface area contributed by atoms with Gasteiger partial charge in [-0.25, -0.2) is 0 Å². The van der Waals surface area contributed by atoms with Gasteiger partial charge in [0.2, 0.25) is 0 Å². The summed E-state index contributed by atoms with van der Waals surface area (Å²) in [6.45, 7) is 0.881. The van der Waals surface area contributed by atoms with Gasteiger partial charge in [-0.1, -0.05) is 0 Å². The molecule has 1 aliphatic rings. The molecule has 108 valence electrons. The van der Waals surface area contributed by atoms with Crippen molar-refractivity contribution < 1.29 is 29.7 Å². The average molecular weight is 274 g/mol. The number of hydrogen-bond donors (Lipinski definition) is 4. The molecule has 0 aromatic carbocycles. The van der Waals surface area contributed by atoms with Crippen molar-refractivity contribution >= 4 is 17.9 Å². The fraction of sp³-hybridized carbons (Fsp3) is 0.727. The van der Waals surface area contributed by atoms with E-state index in [0.29, 0.717) is 13.0 Å². The fourth-order valence-corrected chi connectivity index (χ4v) is 2.18. The minimum Gasteiger partial charge on any atom is -0.481 e. The Morgan fingerprint density at radius 1 is 1.11 bits per heavy atom. The normalized spacial score (nSPS) is 23.4. The fourth-order valence-electron chi connectivity index (χ4n) is 2.18. The van der Waals surface area contributed by atoms with Crippen molar-refractivity contribution in [3.63, 3.8) is 0 Å². The van der Waals surface area contributed by atoms with E-state index in [9.17, 15) is 14.4 Å². The lowest BCUT2D eigenvalue weighted by Gasteiger charge is -2.19. The van der Waals surface area contributed by atoms with E-state index in [1.54, 1.807) is 4.90 Å². The van der Waals surface area contributed by atoms with Crippen molar-refractivity contribution in [2.24, 2.45) is 0 Å². The second-order valence-corrected chi connectivity index (χ2v) is 4.52. The molecule has 8 heteroatoms. The van der Waals surface area contributed by atoms with Gasteiger partial charge in [-0.3, -0.25) is 19.3 Å². The van der Waals surface area contributed by atoms with Crippen LogP contribution in [0.15, 0.2) is 0 Å². The average Bonchev–Trinajstić information content (AvgIpc) is 2.69. The van der Waals surface area contributed by atoms with E-state index in [-0.39, 0.29) is 32.0 Å². The third kappa shape index (κ3) is 5.23.